The fourth-order valence-electron chi connectivity index (χ4n) is 1.39. The molecule has 0 aliphatic carbocycles. The Morgan fingerprint density at radius 3 is 2.59 bits per heavy atom. The fourth-order valence-corrected chi connectivity index (χ4v) is 1.39. The van der Waals surface area contributed by atoms with E-state index in [0.29, 0.717) is 26.0 Å². The van der Waals surface area contributed by atoms with E-state index in [0.717, 1.165) is 6.42 Å². The molecule has 0 radical (unpaired) electrons. The summed E-state index contributed by atoms with van der Waals surface area (Å²) in [5.41, 5.74) is 5.58. The molecule has 0 heterocycles. The Morgan fingerprint density at radius 2 is 2.12 bits per heavy atom. The summed E-state index contributed by atoms with van der Waals surface area (Å²) in [6.07, 6.45) is 1.77. The van der Waals surface area contributed by atoms with Gasteiger partial charge >= 0.3 is 5.97 Å². The Bertz CT molecular complexity index is 244. The molecule has 0 fully saturated rings. The molecule has 0 rings (SSSR count). The van der Waals surface area contributed by atoms with Gasteiger partial charge in [-0.15, -0.1) is 0 Å². The van der Waals surface area contributed by atoms with E-state index >= 15 is 0 Å². The van der Waals surface area contributed by atoms with Crippen LogP contribution in [0.1, 0.15) is 26.2 Å². The normalized spacial score (nSPS) is 12.2. The van der Waals surface area contributed by atoms with Crippen molar-refractivity contribution >= 4 is 11.9 Å². The number of rotatable bonds is 9. The second-order valence-corrected chi connectivity index (χ2v) is 4.07. The third kappa shape index (κ3) is 8.65. The van der Waals surface area contributed by atoms with E-state index in [1.54, 1.807) is 0 Å². The van der Waals surface area contributed by atoms with Crippen LogP contribution in [-0.2, 0) is 14.3 Å². The summed E-state index contributed by atoms with van der Waals surface area (Å²) in [5, 5.41) is 8.69. The van der Waals surface area contributed by atoms with Gasteiger partial charge in [-0.1, -0.05) is 0 Å². The molecule has 1 unspecified atom stereocenters. The summed E-state index contributed by atoms with van der Waals surface area (Å²) in [6.45, 7) is 2.25. The first-order valence-corrected chi connectivity index (χ1v) is 5.71. The molecule has 1 amide bonds. The van der Waals surface area contributed by atoms with Crippen molar-refractivity contribution in [3.05, 3.63) is 0 Å². The average molecular weight is 246 g/mol. The van der Waals surface area contributed by atoms with Gasteiger partial charge in [0.1, 0.15) is 6.54 Å². The molecule has 0 saturated heterocycles. The fraction of sp³-hybridized carbons (Fsp3) is 0.818. The Hall–Kier alpha value is -1.14. The number of nitrogens with two attached hydrogens (primary N) is 1. The van der Waals surface area contributed by atoms with Crippen LogP contribution >= 0.6 is 0 Å². The molecule has 0 aromatic rings. The van der Waals surface area contributed by atoms with Gasteiger partial charge in [-0.3, -0.25) is 9.59 Å². The summed E-state index contributed by atoms with van der Waals surface area (Å²) in [4.78, 5) is 23.6. The highest BCUT2D eigenvalue weighted by Gasteiger charge is 2.16. The first kappa shape index (κ1) is 15.9. The molecule has 3 N–H and O–H groups in total. The summed E-state index contributed by atoms with van der Waals surface area (Å²) in [5.74, 6) is -1.17. The van der Waals surface area contributed by atoms with Gasteiger partial charge in [0.15, 0.2) is 0 Å². The van der Waals surface area contributed by atoms with Crippen molar-refractivity contribution in [2.45, 2.75) is 32.2 Å². The number of amides is 1. The van der Waals surface area contributed by atoms with E-state index in [9.17, 15) is 9.59 Å². The summed E-state index contributed by atoms with van der Waals surface area (Å²) in [7, 11) is 1.51. The van der Waals surface area contributed by atoms with Crippen LogP contribution in [0.2, 0.25) is 0 Å². The molecule has 0 bridgehead atoms. The Morgan fingerprint density at radius 1 is 1.47 bits per heavy atom. The van der Waals surface area contributed by atoms with Crippen LogP contribution in [0.25, 0.3) is 0 Å². The van der Waals surface area contributed by atoms with Gasteiger partial charge in [-0.05, 0) is 19.8 Å². The second kappa shape index (κ2) is 8.95. The van der Waals surface area contributed by atoms with Gasteiger partial charge in [-0.2, -0.15) is 0 Å². The van der Waals surface area contributed by atoms with Crippen molar-refractivity contribution in [1.29, 1.82) is 0 Å². The van der Waals surface area contributed by atoms with Crippen LogP contribution in [0.5, 0.6) is 0 Å². The number of hydrogen-bond acceptors (Lipinski definition) is 4. The highest BCUT2D eigenvalue weighted by molar-refractivity contribution is 5.81. The SMILES string of the molecule is COCCN(CC(=O)O)C(=O)CCCC(C)N. The van der Waals surface area contributed by atoms with Gasteiger partial charge in [0.2, 0.25) is 5.91 Å². The lowest BCUT2D eigenvalue weighted by Crippen LogP contribution is -2.38. The van der Waals surface area contributed by atoms with E-state index in [-0.39, 0.29) is 18.5 Å². The first-order valence-electron chi connectivity index (χ1n) is 5.71. The third-order valence-corrected chi connectivity index (χ3v) is 2.29. The minimum absolute atomic E-state index is 0.0645. The van der Waals surface area contributed by atoms with Gasteiger partial charge in [0.05, 0.1) is 6.61 Å². The smallest absolute Gasteiger partial charge is 0.323 e. The Labute approximate surface area is 102 Å². The number of aliphatic carboxylic acids is 1. The van der Waals surface area contributed by atoms with Gasteiger partial charge in [-0.25, -0.2) is 0 Å². The zero-order chi connectivity index (χ0) is 13.3. The standard InChI is InChI=1S/C11H22N2O4/c1-9(12)4-3-5-10(14)13(6-7-17-2)8-11(15)16/h9H,3-8,12H2,1-2H3,(H,15,16). The molecule has 0 spiro atoms. The maximum atomic E-state index is 11.7. The minimum Gasteiger partial charge on any atom is -0.480 e. The third-order valence-electron chi connectivity index (χ3n) is 2.29. The maximum absolute atomic E-state index is 11.7. The number of carboxylic acid groups (broad SMARTS) is 1. The van der Waals surface area contributed by atoms with Gasteiger partial charge in [0, 0.05) is 26.1 Å². The number of carbonyl (C=O) groups is 2. The topological polar surface area (TPSA) is 92.9 Å². The van der Waals surface area contributed by atoms with Crippen molar-refractivity contribution < 1.29 is 19.4 Å². The second-order valence-electron chi connectivity index (χ2n) is 4.07. The van der Waals surface area contributed by atoms with Crippen molar-refractivity contribution in [2.75, 3.05) is 26.8 Å². The van der Waals surface area contributed by atoms with Crippen LogP contribution in [-0.4, -0.2) is 54.7 Å². The van der Waals surface area contributed by atoms with E-state index in [4.69, 9.17) is 15.6 Å². The lowest BCUT2D eigenvalue weighted by molar-refractivity contribution is -0.144. The number of hydrogen-bond donors (Lipinski definition) is 2. The number of nitrogens with zero attached hydrogens (tertiary/aromatic N) is 1. The average Bonchev–Trinajstić information content (AvgIpc) is 2.22. The highest BCUT2D eigenvalue weighted by atomic mass is 16.5. The van der Waals surface area contributed by atoms with Crippen molar-refractivity contribution in [2.24, 2.45) is 5.73 Å². The summed E-state index contributed by atoms with van der Waals surface area (Å²) >= 11 is 0. The monoisotopic (exact) mass is 246 g/mol. The van der Waals surface area contributed by atoms with Crippen LogP contribution in [0.4, 0.5) is 0 Å². The number of ether oxygens (including phenoxy) is 1. The molecule has 0 aromatic heterocycles. The molecular formula is C11H22N2O4. The first-order chi connectivity index (χ1) is 7.97. The molecule has 0 aliphatic rings. The predicted molar refractivity (Wildman–Crippen MR) is 63.6 cm³/mol. The van der Waals surface area contributed by atoms with E-state index in [1.165, 1.54) is 12.0 Å². The molecule has 0 saturated carbocycles. The molecule has 1 atom stereocenters. The molecule has 0 aromatic carbocycles. The van der Waals surface area contributed by atoms with Crippen LogP contribution < -0.4 is 5.73 Å². The molecule has 6 nitrogen and oxygen atoms in total. The lowest BCUT2D eigenvalue weighted by Gasteiger charge is -2.20. The lowest BCUT2D eigenvalue weighted by atomic mass is 10.1. The van der Waals surface area contributed by atoms with Crippen LogP contribution in [0, 0.1) is 0 Å². The van der Waals surface area contributed by atoms with Crippen molar-refractivity contribution in [3.8, 4) is 0 Å². The number of carboxylic acids is 1. The Balaban J connectivity index is 4.07. The summed E-state index contributed by atoms with van der Waals surface area (Å²) in [6, 6.07) is 0.0645. The predicted octanol–water partition coefficient (Wildman–Crippen LogP) is 0.0635. The van der Waals surface area contributed by atoms with E-state index < -0.39 is 5.97 Å². The molecule has 6 heteroatoms. The zero-order valence-electron chi connectivity index (χ0n) is 10.5. The minimum atomic E-state index is -1.01. The van der Waals surface area contributed by atoms with Crippen LogP contribution in [0.15, 0.2) is 0 Å². The highest BCUT2D eigenvalue weighted by Crippen LogP contribution is 2.03. The summed E-state index contributed by atoms with van der Waals surface area (Å²) < 4.78 is 4.84. The molecule has 0 aliphatic heterocycles. The van der Waals surface area contributed by atoms with Gasteiger partial charge in [0.25, 0.3) is 0 Å². The quantitative estimate of drug-likeness (QED) is 0.600. The number of carbonyl (C=O) groups excluding carboxylic acids is 1. The zero-order valence-corrected chi connectivity index (χ0v) is 10.5. The van der Waals surface area contributed by atoms with E-state index in [1.807, 2.05) is 6.92 Å². The Kier molecular flexibility index (Phi) is 8.35. The van der Waals surface area contributed by atoms with Crippen LogP contribution in [0.3, 0.4) is 0 Å². The largest absolute Gasteiger partial charge is 0.480 e. The number of methoxy groups -OCH3 is 1. The van der Waals surface area contributed by atoms with Crippen molar-refractivity contribution in [3.63, 3.8) is 0 Å². The van der Waals surface area contributed by atoms with Crippen molar-refractivity contribution in [1.82, 2.24) is 4.90 Å². The molecule has 17 heavy (non-hydrogen) atoms. The molecular weight excluding hydrogens is 224 g/mol. The van der Waals surface area contributed by atoms with Gasteiger partial charge < -0.3 is 20.5 Å². The molecule has 100 valence electrons. The maximum Gasteiger partial charge on any atom is 0.323 e. The van der Waals surface area contributed by atoms with E-state index in [2.05, 4.69) is 0 Å².